The predicted octanol–water partition coefficient (Wildman–Crippen LogP) is 5.19. The summed E-state index contributed by atoms with van der Waals surface area (Å²) >= 11 is 3.57. The summed E-state index contributed by atoms with van der Waals surface area (Å²) in [6, 6.07) is 11.5. The lowest BCUT2D eigenvalue weighted by atomic mass is 9.76. The highest BCUT2D eigenvalue weighted by Crippen LogP contribution is 2.38. The molecular weight excluding hydrogens is 438 g/mol. The molecule has 1 aliphatic carbocycles. The summed E-state index contributed by atoms with van der Waals surface area (Å²) in [5.74, 6) is -1.22. The van der Waals surface area contributed by atoms with Crippen molar-refractivity contribution in [1.29, 1.82) is 0 Å². The number of halogens is 3. The molecule has 2 unspecified atom stereocenters. The Morgan fingerprint density at radius 1 is 1.07 bits per heavy atom. The van der Waals surface area contributed by atoms with Crippen molar-refractivity contribution >= 4 is 15.9 Å². The van der Waals surface area contributed by atoms with E-state index >= 15 is 0 Å². The molecular formula is C23H29BrF2N2O. The maximum absolute atomic E-state index is 13.6. The van der Waals surface area contributed by atoms with Gasteiger partial charge in [0.15, 0.2) is 0 Å². The van der Waals surface area contributed by atoms with Gasteiger partial charge in [-0.05, 0) is 61.7 Å². The Morgan fingerprint density at radius 3 is 2.38 bits per heavy atom. The molecule has 6 heteroatoms. The van der Waals surface area contributed by atoms with Crippen LogP contribution in [-0.4, -0.2) is 24.8 Å². The molecule has 1 saturated carbocycles. The van der Waals surface area contributed by atoms with E-state index in [4.69, 9.17) is 0 Å². The first-order chi connectivity index (χ1) is 13.9. The van der Waals surface area contributed by atoms with Crippen molar-refractivity contribution in [3.63, 3.8) is 0 Å². The molecule has 0 heterocycles. The highest BCUT2D eigenvalue weighted by atomic mass is 79.9. The Hall–Kier alpha value is -1.34. The summed E-state index contributed by atoms with van der Waals surface area (Å²) in [6.45, 7) is 0.419. The maximum atomic E-state index is 13.6. The van der Waals surface area contributed by atoms with E-state index in [2.05, 4.69) is 38.7 Å². The normalized spacial score (nSPS) is 18.4. The molecule has 0 saturated heterocycles. The van der Waals surface area contributed by atoms with Gasteiger partial charge in [0.2, 0.25) is 0 Å². The maximum Gasteiger partial charge on any atom is 0.126 e. The van der Waals surface area contributed by atoms with Crippen LogP contribution in [0.2, 0.25) is 0 Å². The third-order valence-electron chi connectivity index (χ3n) is 5.90. The van der Waals surface area contributed by atoms with Crippen LogP contribution in [0, 0.1) is 11.6 Å². The Morgan fingerprint density at radius 2 is 1.76 bits per heavy atom. The molecule has 3 rings (SSSR count). The molecule has 2 atom stereocenters. The van der Waals surface area contributed by atoms with Crippen molar-refractivity contribution in [2.24, 2.45) is 0 Å². The van der Waals surface area contributed by atoms with Crippen LogP contribution in [0.3, 0.4) is 0 Å². The van der Waals surface area contributed by atoms with Gasteiger partial charge in [-0.25, -0.2) is 8.78 Å². The third kappa shape index (κ3) is 5.85. The smallest absolute Gasteiger partial charge is 0.126 e. The molecule has 0 aromatic heterocycles. The number of rotatable bonds is 8. The van der Waals surface area contributed by atoms with E-state index in [1.54, 1.807) is 7.05 Å². The predicted molar refractivity (Wildman–Crippen MR) is 116 cm³/mol. The zero-order chi connectivity index (χ0) is 20.9. The zero-order valence-corrected chi connectivity index (χ0v) is 18.3. The van der Waals surface area contributed by atoms with Crippen molar-refractivity contribution in [2.75, 3.05) is 13.6 Å². The lowest BCUT2D eigenvalue weighted by Gasteiger charge is -2.40. The number of benzene rings is 2. The highest BCUT2D eigenvalue weighted by molar-refractivity contribution is 9.10. The second-order valence-electron chi connectivity index (χ2n) is 7.97. The van der Waals surface area contributed by atoms with Crippen LogP contribution in [-0.2, 0) is 5.54 Å². The van der Waals surface area contributed by atoms with E-state index in [9.17, 15) is 13.9 Å². The minimum atomic E-state index is -0.648. The van der Waals surface area contributed by atoms with Crippen molar-refractivity contribution in [3.05, 3.63) is 69.7 Å². The van der Waals surface area contributed by atoms with E-state index in [1.807, 2.05) is 12.1 Å². The molecule has 0 aliphatic heterocycles. The summed E-state index contributed by atoms with van der Waals surface area (Å²) < 4.78 is 28.2. The van der Waals surface area contributed by atoms with E-state index < -0.39 is 17.7 Å². The van der Waals surface area contributed by atoms with Crippen LogP contribution < -0.4 is 10.6 Å². The third-order valence-corrected chi connectivity index (χ3v) is 6.40. The summed E-state index contributed by atoms with van der Waals surface area (Å²) in [4.78, 5) is 0. The Balaban J connectivity index is 1.69. The standard InChI is InChI=1S/C23H29BrF2N2O/c1-27-22(16-10-19(25)13-20(26)11-16)14-21(29)15-28-23(8-3-2-4-9-23)17-6-5-7-18(24)12-17/h5-7,10-13,21-22,27-29H,2-4,8-9,14-15H2,1H3. The second-order valence-corrected chi connectivity index (χ2v) is 8.88. The second kappa shape index (κ2) is 10.1. The summed E-state index contributed by atoms with van der Waals surface area (Å²) in [7, 11) is 1.73. The summed E-state index contributed by atoms with van der Waals surface area (Å²) in [5, 5.41) is 17.4. The Labute approximate surface area is 180 Å². The minimum Gasteiger partial charge on any atom is -0.392 e. The van der Waals surface area contributed by atoms with Crippen molar-refractivity contribution in [2.45, 2.75) is 56.2 Å². The molecule has 2 aromatic carbocycles. The van der Waals surface area contributed by atoms with Crippen LogP contribution in [0.15, 0.2) is 46.9 Å². The largest absolute Gasteiger partial charge is 0.392 e. The van der Waals surface area contributed by atoms with Crippen molar-refractivity contribution in [1.82, 2.24) is 10.6 Å². The SMILES string of the molecule is CNC(CC(O)CNC1(c2cccc(Br)c2)CCCCC1)c1cc(F)cc(F)c1. The van der Waals surface area contributed by atoms with Gasteiger partial charge < -0.3 is 15.7 Å². The number of aliphatic hydroxyl groups is 1. The fourth-order valence-electron chi connectivity index (χ4n) is 4.37. The van der Waals surface area contributed by atoms with Gasteiger partial charge in [-0.3, -0.25) is 0 Å². The van der Waals surface area contributed by atoms with Crippen LogP contribution in [0.5, 0.6) is 0 Å². The molecule has 1 aliphatic rings. The molecule has 0 spiro atoms. The first kappa shape index (κ1) is 22.3. The van der Waals surface area contributed by atoms with Gasteiger partial charge in [0.05, 0.1) is 6.10 Å². The molecule has 2 aromatic rings. The molecule has 1 fully saturated rings. The fraction of sp³-hybridized carbons (Fsp3) is 0.478. The number of hydrogen-bond acceptors (Lipinski definition) is 3. The van der Waals surface area contributed by atoms with Crippen LogP contribution in [0.1, 0.15) is 55.7 Å². The van der Waals surface area contributed by atoms with E-state index in [-0.39, 0.29) is 11.6 Å². The molecule has 0 bridgehead atoms. The van der Waals surface area contributed by atoms with E-state index in [0.717, 1.165) is 36.2 Å². The van der Waals surface area contributed by atoms with Gasteiger partial charge in [0, 0.05) is 28.7 Å². The molecule has 3 nitrogen and oxygen atoms in total. The molecule has 158 valence electrons. The van der Waals surface area contributed by atoms with Gasteiger partial charge in [-0.2, -0.15) is 0 Å². The van der Waals surface area contributed by atoms with Gasteiger partial charge in [0.1, 0.15) is 11.6 Å². The summed E-state index contributed by atoms with van der Waals surface area (Å²) in [6.07, 6.45) is 5.30. The van der Waals surface area contributed by atoms with Gasteiger partial charge in [0.25, 0.3) is 0 Å². The number of nitrogens with one attached hydrogen (secondary N) is 2. The first-order valence-corrected chi connectivity index (χ1v) is 11.0. The average molecular weight is 467 g/mol. The number of hydrogen-bond donors (Lipinski definition) is 3. The van der Waals surface area contributed by atoms with Crippen LogP contribution in [0.4, 0.5) is 8.78 Å². The van der Waals surface area contributed by atoms with Gasteiger partial charge >= 0.3 is 0 Å². The first-order valence-electron chi connectivity index (χ1n) is 10.2. The number of aliphatic hydroxyl groups excluding tert-OH is 1. The minimum absolute atomic E-state index is 0.150. The Kier molecular flexibility index (Phi) is 7.79. The van der Waals surface area contributed by atoms with E-state index in [0.29, 0.717) is 18.5 Å². The highest BCUT2D eigenvalue weighted by Gasteiger charge is 2.34. The average Bonchev–Trinajstić information content (AvgIpc) is 2.70. The molecule has 29 heavy (non-hydrogen) atoms. The topological polar surface area (TPSA) is 44.3 Å². The van der Waals surface area contributed by atoms with Gasteiger partial charge in [-0.1, -0.05) is 47.3 Å². The Bertz CT molecular complexity index is 791. The quantitative estimate of drug-likeness (QED) is 0.501. The zero-order valence-electron chi connectivity index (χ0n) is 16.7. The molecule has 0 radical (unpaired) electrons. The van der Waals surface area contributed by atoms with Crippen molar-refractivity contribution in [3.8, 4) is 0 Å². The molecule has 0 amide bonds. The lowest BCUT2D eigenvalue weighted by molar-refractivity contribution is 0.122. The van der Waals surface area contributed by atoms with Crippen LogP contribution in [0.25, 0.3) is 0 Å². The monoisotopic (exact) mass is 466 g/mol. The summed E-state index contributed by atoms with van der Waals surface area (Å²) in [5.41, 5.74) is 1.59. The van der Waals surface area contributed by atoms with E-state index in [1.165, 1.54) is 24.1 Å². The van der Waals surface area contributed by atoms with Crippen LogP contribution >= 0.6 is 15.9 Å². The fourth-order valence-corrected chi connectivity index (χ4v) is 4.77. The lowest BCUT2D eigenvalue weighted by Crippen LogP contribution is -2.47. The van der Waals surface area contributed by atoms with Gasteiger partial charge in [-0.15, -0.1) is 0 Å². The molecule has 3 N–H and O–H groups in total. The van der Waals surface area contributed by atoms with Crippen molar-refractivity contribution < 1.29 is 13.9 Å².